The van der Waals surface area contributed by atoms with E-state index in [1.807, 2.05) is 41.3 Å². The number of piperidine rings is 1. The molecule has 4 heterocycles. The smallest absolute Gasteiger partial charge is 0.230 e. The monoisotopic (exact) mass is 566 g/mol. The average molecular weight is 567 g/mol. The molecule has 2 N–H and O–H groups in total. The third kappa shape index (κ3) is 4.64. The number of hydrogen-bond acceptors (Lipinski definition) is 5. The number of amides is 2. The van der Waals surface area contributed by atoms with E-state index in [1.54, 1.807) is 6.20 Å². The van der Waals surface area contributed by atoms with Gasteiger partial charge >= 0.3 is 0 Å². The lowest BCUT2D eigenvalue weighted by atomic mass is 10.1. The Morgan fingerprint density at radius 3 is 2.68 bits per heavy atom. The van der Waals surface area contributed by atoms with Crippen molar-refractivity contribution in [2.45, 2.75) is 62.9 Å². The van der Waals surface area contributed by atoms with Crippen molar-refractivity contribution < 1.29 is 9.59 Å². The molecule has 4 aromatic rings. The molecule has 8 nitrogen and oxygen atoms in total. The number of pyridine rings is 2. The summed E-state index contributed by atoms with van der Waals surface area (Å²) in [6, 6.07) is 14.0. The molecule has 2 unspecified atom stereocenters. The highest BCUT2D eigenvalue weighted by Gasteiger charge is 2.46. The number of imidazole rings is 1. The van der Waals surface area contributed by atoms with Crippen LogP contribution in [0.2, 0.25) is 5.02 Å². The Balaban J connectivity index is 0.972. The van der Waals surface area contributed by atoms with Crippen molar-refractivity contribution in [1.82, 2.24) is 14.4 Å². The average Bonchev–Trinajstić information content (AvgIpc) is 3.86. The Hall–Kier alpha value is -3.91. The molecule has 0 radical (unpaired) electrons. The van der Waals surface area contributed by atoms with E-state index >= 15 is 0 Å². The van der Waals surface area contributed by atoms with Gasteiger partial charge in [0, 0.05) is 53.2 Å². The van der Waals surface area contributed by atoms with Crippen molar-refractivity contribution in [2.75, 3.05) is 15.5 Å². The fraction of sp³-hybridized carbons (Fsp3) is 0.375. The van der Waals surface area contributed by atoms with Gasteiger partial charge in [-0.3, -0.25) is 9.59 Å². The second kappa shape index (κ2) is 9.58. The molecule has 41 heavy (non-hydrogen) atoms. The van der Waals surface area contributed by atoms with Gasteiger partial charge in [-0.2, -0.15) is 0 Å². The number of fused-ring (bicyclic) bond motifs is 3. The number of rotatable bonds is 8. The molecule has 4 aliphatic rings. The summed E-state index contributed by atoms with van der Waals surface area (Å²) in [5.74, 6) is 1.63. The third-order valence-electron chi connectivity index (χ3n) is 9.16. The Labute approximate surface area is 243 Å². The van der Waals surface area contributed by atoms with E-state index in [2.05, 4.69) is 38.5 Å². The molecular formula is C32H31ClN6O2. The van der Waals surface area contributed by atoms with Crippen LogP contribution >= 0.6 is 11.6 Å². The maximum absolute atomic E-state index is 13.1. The lowest BCUT2D eigenvalue weighted by Gasteiger charge is -2.28. The van der Waals surface area contributed by atoms with Gasteiger partial charge in [0.05, 0.1) is 17.9 Å². The third-order valence-corrected chi connectivity index (χ3v) is 9.39. The molecule has 9 heteroatoms. The molecule has 1 aromatic carbocycles. The lowest BCUT2D eigenvalue weighted by molar-refractivity contribution is -0.121. The molecule has 0 spiro atoms. The molecule has 3 aromatic heterocycles. The minimum Gasteiger partial charge on any atom is -0.379 e. The number of hydrogen-bond donors (Lipinski definition) is 2. The van der Waals surface area contributed by atoms with Crippen LogP contribution in [0.3, 0.4) is 0 Å². The van der Waals surface area contributed by atoms with E-state index in [9.17, 15) is 9.59 Å². The second-order valence-corrected chi connectivity index (χ2v) is 12.5. The number of nitrogens with zero attached hydrogens (tertiary/aromatic N) is 4. The fourth-order valence-electron chi connectivity index (χ4n) is 6.77. The van der Waals surface area contributed by atoms with Crippen molar-refractivity contribution in [3.05, 3.63) is 82.9 Å². The van der Waals surface area contributed by atoms with Crippen molar-refractivity contribution in [3.63, 3.8) is 0 Å². The molecule has 8 rings (SSSR count). The van der Waals surface area contributed by atoms with Crippen LogP contribution in [0.5, 0.6) is 0 Å². The summed E-state index contributed by atoms with van der Waals surface area (Å²) in [5, 5.41) is 7.10. The zero-order chi connectivity index (χ0) is 27.7. The van der Waals surface area contributed by atoms with E-state index in [4.69, 9.17) is 16.6 Å². The predicted molar refractivity (Wildman–Crippen MR) is 158 cm³/mol. The lowest BCUT2D eigenvalue weighted by Crippen LogP contribution is -2.37. The number of carbonyl (C=O) groups is 2. The van der Waals surface area contributed by atoms with Gasteiger partial charge in [-0.1, -0.05) is 23.7 Å². The summed E-state index contributed by atoms with van der Waals surface area (Å²) in [6.07, 6.45) is 12.2. The molecule has 2 amide bonds. The number of carbonyl (C=O) groups excluding carboxylic acids is 2. The number of halogens is 1. The van der Waals surface area contributed by atoms with Crippen LogP contribution in [0, 0.1) is 11.8 Å². The van der Waals surface area contributed by atoms with Crippen molar-refractivity contribution >= 4 is 46.3 Å². The zero-order valence-corrected chi connectivity index (χ0v) is 23.3. The van der Waals surface area contributed by atoms with Crippen LogP contribution in [0.15, 0.2) is 61.1 Å². The summed E-state index contributed by atoms with van der Waals surface area (Å²) in [6.45, 7) is 0.511. The van der Waals surface area contributed by atoms with Gasteiger partial charge in [-0.15, -0.1) is 0 Å². The van der Waals surface area contributed by atoms with Gasteiger partial charge in [0.25, 0.3) is 0 Å². The second-order valence-electron chi connectivity index (χ2n) is 12.0. The maximum Gasteiger partial charge on any atom is 0.230 e. The molecule has 3 aliphatic carbocycles. The van der Waals surface area contributed by atoms with Crippen molar-refractivity contribution in [1.29, 1.82) is 0 Å². The Morgan fingerprint density at radius 1 is 1.00 bits per heavy atom. The molecule has 1 aliphatic heterocycles. The molecule has 2 bridgehead atoms. The summed E-state index contributed by atoms with van der Waals surface area (Å²) in [4.78, 5) is 37.4. The van der Waals surface area contributed by atoms with Gasteiger partial charge in [-0.05, 0) is 85.8 Å². The SMILES string of the molecule is O=C(Nc1cc(NCc2cn3cc(C4CC4)cc(N4C(=O)C5CCC4C5)c3n2)ccn1)[C@H]1C[C@@H]1c1cccc(Cl)c1. The molecule has 1 saturated heterocycles. The Kier molecular flexibility index (Phi) is 5.81. The van der Waals surface area contributed by atoms with E-state index in [0.717, 1.165) is 54.0 Å². The number of anilines is 3. The normalized spacial score (nSPS) is 24.7. The highest BCUT2D eigenvalue weighted by molar-refractivity contribution is 6.30. The first-order chi connectivity index (χ1) is 20.0. The maximum atomic E-state index is 13.1. The fourth-order valence-corrected chi connectivity index (χ4v) is 6.97. The molecule has 4 fully saturated rings. The minimum absolute atomic E-state index is 0.0239. The van der Waals surface area contributed by atoms with Crippen LogP contribution in [-0.4, -0.2) is 32.2 Å². The molecule has 3 saturated carbocycles. The first kappa shape index (κ1) is 24.9. The van der Waals surface area contributed by atoms with Gasteiger partial charge in [0.1, 0.15) is 5.82 Å². The zero-order valence-electron chi connectivity index (χ0n) is 22.6. The summed E-state index contributed by atoms with van der Waals surface area (Å²) in [5.41, 5.74) is 5.93. The van der Waals surface area contributed by atoms with E-state index < -0.39 is 0 Å². The minimum atomic E-state index is -0.0720. The topological polar surface area (TPSA) is 91.6 Å². The Morgan fingerprint density at radius 2 is 1.88 bits per heavy atom. The van der Waals surface area contributed by atoms with E-state index in [-0.39, 0.29) is 29.6 Å². The number of benzene rings is 1. The molecule has 208 valence electrons. The molecule has 4 atom stereocenters. The van der Waals surface area contributed by atoms with Gasteiger partial charge in [0.2, 0.25) is 11.8 Å². The predicted octanol–water partition coefficient (Wildman–Crippen LogP) is 6.13. The van der Waals surface area contributed by atoms with E-state index in [1.165, 1.54) is 18.4 Å². The Bertz CT molecular complexity index is 1700. The van der Waals surface area contributed by atoms with Gasteiger partial charge in [-0.25, -0.2) is 9.97 Å². The quantitative estimate of drug-likeness (QED) is 0.268. The van der Waals surface area contributed by atoms with Crippen molar-refractivity contribution in [3.8, 4) is 0 Å². The summed E-state index contributed by atoms with van der Waals surface area (Å²) < 4.78 is 2.10. The van der Waals surface area contributed by atoms with Crippen LogP contribution in [0.4, 0.5) is 17.2 Å². The first-order valence-electron chi connectivity index (χ1n) is 14.6. The van der Waals surface area contributed by atoms with Crippen molar-refractivity contribution in [2.24, 2.45) is 11.8 Å². The highest BCUT2D eigenvalue weighted by Crippen LogP contribution is 2.48. The van der Waals surface area contributed by atoms with Crippen LogP contribution < -0.4 is 15.5 Å². The van der Waals surface area contributed by atoms with Gasteiger partial charge in [0.15, 0.2) is 5.65 Å². The van der Waals surface area contributed by atoms with Crippen LogP contribution in [0.25, 0.3) is 5.65 Å². The summed E-state index contributed by atoms with van der Waals surface area (Å²) >= 11 is 6.13. The highest BCUT2D eigenvalue weighted by atomic mass is 35.5. The number of nitrogens with one attached hydrogen (secondary N) is 2. The number of aromatic nitrogens is 3. The van der Waals surface area contributed by atoms with Gasteiger partial charge < -0.3 is 19.9 Å². The van der Waals surface area contributed by atoms with E-state index in [0.29, 0.717) is 29.3 Å². The first-order valence-corrected chi connectivity index (χ1v) is 15.0. The standard InChI is InChI=1S/C32H31ClN6O2/c33-22-3-1-2-19(10-22)26-14-27(26)31(40)37-29-13-23(8-9-34-29)35-15-24-17-38-16-21(18-4-5-18)12-28(30(38)36-24)39-25-7-6-20(11-25)32(39)41/h1-3,8-10,12-13,16-18,20,25-27H,4-7,11,14-15H2,(H2,34,35,37,40)/t20?,25?,26-,27+/m1/s1. The van der Waals surface area contributed by atoms with Crippen LogP contribution in [0.1, 0.15) is 67.2 Å². The summed E-state index contributed by atoms with van der Waals surface area (Å²) in [7, 11) is 0. The largest absolute Gasteiger partial charge is 0.379 e. The van der Waals surface area contributed by atoms with Crippen LogP contribution in [-0.2, 0) is 16.1 Å². The molecular weight excluding hydrogens is 536 g/mol.